The van der Waals surface area contributed by atoms with Gasteiger partial charge in [0.25, 0.3) is 5.91 Å². The molecule has 4 rings (SSSR count). The minimum atomic E-state index is -0.246. The maximum absolute atomic E-state index is 12.8. The molecule has 0 unspecified atom stereocenters. The number of fused-ring (bicyclic) bond motifs is 1. The van der Waals surface area contributed by atoms with E-state index in [2.05, 4.69) is 22.4 Å². The van der Waals surface area contributed by atoms with E-state index in [1.54, 1.807) is 12.1 Å². The first-order valence-electron chi connectivity index (χ1n) is 9.51. The van der Waals surface area contributed by atoms with Gasteiger partial charge in [0.2, 0.25) is 0 Å². The van der Waals surface area contributed by atoms with Gasteiger partial charge in [0.15, 0.2) is 0 Å². The Morgan fingerprint density at radius 2 is 2.24 bits per heavy atom. The summed E-state index contributed by atoms with van der Waals surface area (Å²) in [7, 11) is 0. The van der Waals surface area contributed by atoms with E-state index in [1.165, 1.54) is 36.0 Å². The minimum absolute atomic E-state index is 0.0869. The maximum Gasteiger partial charge on any atom is 0.263 e. The molecule has 0 aliphatic heterocycles. The second kappa shape index (κ2) is 7.97. The number of allylic oxidation sites excluding steroid dienone is 1. The lowest BCUT2D eigenvalue weighted by Gasteiger charge is -2.12. The van der Waals surface area contributed by atoms with Crippen molar-refractivity contribution in [2.45, 2.75) is 32.1 Å². The fraction of sp³-hybridized carbons (Fsp3) is 0.286. The predicted octanol–water partition coefficient (Wildman–Crippen LogP) is 4.21. The number of carbonyl (C=O) groups excluding carboxylic acids is 1. The van der Waals surface area contributed by atoms with Gasteiger partial charge in [-0.3, -0.25) is 4.79 Å². The third-order valence-electron chi connectivity index (χ3n) is 5.11. The van der Waals surface area contributed by atoms with Crippen LogP contribution in [0, 0.1) is 11.3 Å². The Morgan fingerprint density at radius 1 is 1.38 bits per heavy atom. The van der Waals surface area contributed by atoms with Crippen LogP contribution >= 0.6 is 11.3 Å². The second-order valence-electron chi connectivity index (χ2n) is 6.98. The molecule has 3 aromatic heterocycles. The van der Waals surface area contributed by atoms with Crippen molar-refractivity contribution in [2.24, 2.45) is 0 Å². The first-order valence-corrected chi connectivity index (χ1v) is 10.3. The number of nitrogens with zero attached hydrogens (tertiary/aromatic N) is 2. The fourth-order valence-corrected chi connectivity index (χ4v) is 4.70. The third kappa shape index (κ3) is 3.57. The zero-order chi connectivity index (χ0) is 20.4. The number of amides is 1. The maximum atomic E-state index is 12.8. The Hall–Kier alpha value is -3.31. The summed E-state index contributed by atoms with van der Waals surface area (Å²) in [5.41, 5.74) is 14.7. The quantitative estimate of drug-likeness (QED) is 0.543. The number of aromatic nitrogens is 1. The van der Waals surface area contributed by atoms with Crippen molar-refractivity contribution in [1.82, 2.24) is 10.3 Å². The first kappa shape index (κ1) is 19.0. The second-order valence-corrected chi connectivity index (χ2v) is 7.97. The van der Waals surface area contributed by atoms with Crippen molar-refractivity contribution in [3.05, 3.63) is 40.5 Å². The standard InChI is InChI=1S/C21H21N5O2S/c22-11-13-15(14-7-4-10-28-14)16-17(23)18(29-21(16)26-19(13)24)20(27)25-9-8-12-5-2-1-3-6-12/h4-5,7,10H,1-3,6,8-9,23H2,(H2,24,26)(H,25,27). The highest BCUT2D eigenvalue weighted by Gasteiger charge is 2.25. The fourth-order valence-electron chi connectivity index (χ4n) is 3.67. The molecule has 0 bridgehead atoms. The highest BCUT2D eigenvalue weighted by molar-refractivity contribution is 7.21. The van der Waals surface area contributed by atoms with E-state index < -0.39 is 0 Å². The van der Waals surface area contributed by atoms with Crippen LogP contribution in [0.2, 0.25) is 0 Å². The Bertz CT molecular complexity index is 1140. The lowest BCUT2D eigenvalue weighted by atomic mass is 9.97. The lowest BCUT2D eigenvalue weighted by molar-refractivity contribution is 0.0959. The van der Waals surface area contributed by atoms with Gasteiger partial charge in [-0.2, -0.15) is 5.26 Å². The SMILES string of the molecule is N#Cc1c(N)nc2sc(C(=O)NCCC3=CCCCC3)c(N)c2c1-c1ccco1. The summed E-state index contributed by atoms with van der Waals surface area (Å²) >= 11 is 1.17. The Morgan fingerprint density at radius 3 is 2.93 bits per heavy atom. The van der Waals surface area contributed by atoms with Crippen LogP contribution in [0.5, 0.6) is 0 Å². The van der Waals surface area contributed by atoms with Gasteiger partial charge in [-0.25, -0.2) is 4.98 Å². The Balaban J connectivity index is 1.67. The van der Waals surface area contributed by atoms with Crippen molar-refractivity contribution in [3.8, 4) is 17.4 Å². The summed E-state index contributed by atoms with van der Waals surface area (Å²) in [6.45, 7) is 0.558. The van der Waals surface area contributed by atoms with Gasteiger partial charge in [0.1, 0.15) is 32.9 Å². The number of hydrogen-bond acceptors (Lipinski definition) is 7. The van der Waals surface area contributed by atoms with Crippen molar-refractivity contribution in [2.75, 3.05) is 18.0 Å². The van der Waals surface area contributed by atoms with Crippen LogP contribution in [0.25, 0.3) is 21.5 Å². The number of furan rings is 1. The Kier molecular flexibility index (Phi) is 5.23. The van der Waals surface area contributed by atoms with E-state index in [-0.39, 0.29) is 23.0 Å². The third-order valence-corrected chi connectivity index (χ3v) is 6.21. The van der Waals surface area contributed by atoms with E-state index in [0.717, 1.165) is 19.3 Å². The molecule has 0 fully saturated rings. The molecule has 8 heteroatoms. The first-order chi connectivity index (χ1) is 14.1. The number of nitrogens with two attached hydrogens (primary N) is 2. The van der Waals surface area contributed by atoms with Crippen molar-refractivity contribution < 1.29 is 9.21 Å². The van der Waals surface area contributed by atoms with Crippen LogP contribution < -0.4 is 16.8 Å². The molecule has 0 spiro atoms. The van der Waals surface area contributed by atoms with E-state index >= 15 is 0 Å². The molecule has 3 aromatic rings. The summed E-state index contributed by atoms with van der Waals surface area (Å²) < 4.78 is 5.49. The molecule has 1 aliphatic rings. The van der Waals surface area contributed by atoms with Gasteiger partial charge in [0.05, 0.1) is 17.5 Å². The molecule has 29 heavy (non-hydrogen) atoms. The summed E-state index contributed by atoms with van der Waals surface area (Å²) in [5.74, 6) is 0.301. The van der Waals surface area contributed by atoms with E-state index in [9.17, 15) is 10.1 Å². The van der Waals surface area contributed by atoms with Gasteiger partial charge >= 0.3 is 0 Å². The summed E-state index contributed by atoms with van der Waals surface area (Å²) in [6.07, 6.45) is 9.31. The molecule has 0 radical (unpaired) electrons. The number of rotatable bonds is 5. The smallest absolute Gasteiger partial charge is 0.263 e. The van der Waals surface area contributed by atoms with Crippen molar-refractivity contribution >= 4 is 39.0 Å². The zero-order valence-electron chi connectivity index (χ0n) is 15.8. The Labute approximate surface area is 172 Å². The molecule has 0 aromatic carbocycles. The summed E-state index contributed by atoms with van der Waals surface area (Å²) in [4.78, 5) is 17.9. The number of nitriles is 1. The van der Waals surface area contributed by atoms with E-state index in [4.69, 9.17) is 15.9 Å². The van der Waals surface area contributed by atoms with Crippen LogP contribution in [0.3, 0.4) is 0 Å². The molecule has 0 saturated carbocycles. The average molecular weight is 407 g/mol. The number of nitrogen functional groups attached to an aromatic ring is 2. The summed E-state index contributed by atoms with van der Waals surface area (Å²) in [6, 6.07) is 5.52. The molecule has 0 saturated heterocycles. The molecule has 5 N–H and O–H groups in total. The van der Waals surface area contributed by atoms with Crippen molar-refractivity contribution in [1.29, 1.82) is 5.26 Å². The van der Waals surface area contributed by atoms with Crippen LogP contribution in [-0.2, 0) is 0 Å². The average Bonchev–Trinajstić information content (AvgIpc) is 3.36. The number of carbonyl (C=O) groups is 1. The molecule has 7 nitrogen and oxygen atoms in total. The highest BCUT2D eigenvalue weighted by Crippen LogP contribution is 2.42. The molecule has 1 amide bonds. The lowest BCUT2D eigenvalue weighted by Crippen LogP contribution is -2.24. The highest BCUT2D eigenvalue weighted by atomic mass is 32.1. The molecular weight excluding hydrogens is 386 g/mol. The monoisotopic (exact) mass is 407 g/mol. The van der Waals surface area contributed by atoms with Crippen LogP contribution in [0.1, 0.15) is 47.3 Å². The number of thiophene rings is 1. The van der Waals surface area contributed by atoms with Gasteiger partial charge in [-0.15, -0.1) is 11.3 Å². The van der Waals surface area contributed by atoms with Crippen LogP contribution in [-0.4, -0.2) is 17.4 Å². The molecule has 0 atom stereocenters. The number of nitrogens with one attached hydrogen (secondary N) is 1. The van der Waals surface area contributed by atoms with E-state index in [1.807, 2.05) is 0 Å². The van der Waals surface area contributed by atoms with Crippen LogP contribution in [0.15, 0.2) is 34.5 Å². The number of hydrogen-bond donors (Lipinski definition) is 3. The van der Waals surface area contributed by atoms with Gasteiger partial charge in [-0.1, -0.05) is 11.6 Å². The van der Waals surface area contributed by atoms with E-state index in [0.29, 0.717) is 33.0 Å². The van der Waals surface area contributed by atoms with Crippen molar-refractivity contribution in [3.63, 3.8) is 0 Å². The topological polar surface area (TPSA) is 131 Å². The number of anilines is 2. The number of pyridine rings is 1. The zero-order valence-corrected chi connectivity index (χ0v) is 16.6. The molecule has 3 heterocycles. The van der Waals surface area contributed by atoms with Gasteiger partial charge in [-0.05, 0) is 44.2 Å². The molecular formula is C21H21N5O2S. The van der Waals surface area contributed by atoms with Gasteiger partial charge < -0.3 is 21.2 Å². The molecule has 1 aliphatic carbocycles. The van der Waals surface area contributed by atoms with Gasteiger partial charge in [0, 0.05) is 11.9 Å². The summed E-state index contributed by atoms with van der Waals surface area (Å²) in [5, 5.41) is 13.0. The predicted molar refractivity (Wildman–Crippen MR) is 114 cm³/mol. The molecule has 148 valence electrons. The normalized spacial score (nSPS) is 13.8. The largest absolute Gasteiger partial charge is 0.464 e. The van der Waals surface area contributed by atoms with Crippen LogP contribution in [0.4, 0.5) is 11.5 Å². The minimum Gasteiger partial charge on any atom is -0.464 e.